The molecule has 1 atom stereocenters. The molecule has 1 aromatic rings. The van der Waals surface area contributed by atoms with E-state index in [9.17, 15) is 4.79 Å². The van der Waals surface area contributed by atoms with Gasteiger partial charge in [0.25, 0.3) is 5.91 Å². The van der Waals surface area contributed by atoms with Gasteiger partial charge >= 0.3 is 0 Å². The first kappa shape index (κ1) is 15.0. The molecule has 0 aliphatic carbocycles. The first-order valence-electron chi connectivity index (χ1n) is 5.79. The summed E-state index contributed by atoms with van der Waals surface area (Å²) < 4.78 is 6.23. The van der Waals surface area contributed by atoms with Crippen molar-refractivity contribution < 1.29 is 14.6 Å². The van der Waals surface area contributed by atoms with Gasteiger partial charge in [-0.05, 0) is 46.5 Å². The van der Waals surface area contributed by atoms with Gasteiger partial charge in [-0.15, -0.1) is 0 Å². The van der Waals surface area contributed by atoms with Gasteiger partial charge in [0.15, 0.2) is 6.61 Å². The number of halogens is 1. The van der Waals surface area contributed by atoms with Crippen molar-refractivity contribution in [3.8, 4) is 5.75 Å². The van der Waals surface area contributed by atoms with Crippen LogP contribution in [0.5, 0.6) is 5.75 Å². The predicted octanol–water partition coefficient (Wildman–Crippen LogP) is 1.88. The second-order valence-electron chi connectivity index (χ2n) is 4.31. The molecule has 1 amide bonds. The summed E-state index contributed by atoms with van der Waals surface area (Å²) in [6.45, 7) is 4.33. The molecule has 18 heavy (non-hydrogen) atoms. The molecule has 1 unspecified atom stereocenters. The third-order valence-electron chi connectivity index (χ3n) is 2.41. The van der Waals surface area contributed by atoms with Crippen molar-refractivity contribution in [1.29, 1.82) is 0 Å². The average molecular weight is 316 g/mol. The van der Waals surface area contributed by atoms with E-state index in [4.69, 9.17) is 9.84 Å². The number of hydrogen-bond donors (Lipinski definition) is 2. The van der Waals surface area contributed by atoms with E-state index in [1.165, 1.54) is 0 Å². The minimum atomic E-state index is -0.192. The molecular weight excluding hydrogens is 298 g/mol. The third-order valence-corrected chi connectivity index (χ3v) is 3.03. The topological polar surface area (TPSA) is 58.6 Å². The number of nitrogens with one attached hydrogen (secondary N) is 1. The highest BCUT2D eigenvalue weighted by Crippen LogP contribution is 2.25. The summed E-state index contributed by atoms with van der Waals surface area (Å²) in [6.07, 6.45) is 0. The Balaban J connectivity index is 2.38. The van der Waals surface area contributed by atoms with E-state index in [2.05, 4.69) is 21.2 Å². The molecule has 1 aromatic carbocycles. The summed E-state index contributed by atoms with van der Waals surface area (Å²) in [5.41, 5.74) is 1.12. The fraction of sp³-hybridized carbons (Fsp3) is 0.462. The van der Waals surface area contributed by atoms with Crippen LogP contribution in [-0.2, 0) is 4.79 Å². The zero-order chi connectivity index (χ0) is 13.5. The number of hydrogen-bond acceptors (Lipinski definition) is 3. The number of carbonyl (C=O) groups excluding carboxylic acids is 1. The molecule has 4 nitrogen and oxygen atoms in total. The minimum Gasteiger partial charge on any atom is -0.483 e. The largest absolute Gasteiger partial charge is 0.483 e. The van der Waals surface area contributed by atoms with Crippen LogP contribution in [0.3, 0.4) is 0 Å². The zero-order valence-electron chi connectivity index (χ0n) is 10.6. The summed E-state index contributed by atoms with van der Waals surface area (Å²) in [5.74, 6) is 0.508. The smallest absolute Gasteiger partial charge is 0.257 e. The zero-order valence-corrected chi connectivity index (χ0v) is 12.2. The van der Waals surface area contributed by atoms with Crippen molar-refractivity contribution in [1.82, 2.24) is 5.32 Å². The molecule has 5 heteroatoms. The Morgan fingerprint density at radius 3 is 2.89 bits per heavy atom. The van der Waals surface area contributed by atoms with Crippen molar-refractivity contribution in [3.63, 3.8) is 0 Å². The van der Waals surface area contributed by atoms with Crippen molar-refractivity contribution in [3.05, 3.63) is 28.2 Å². The van der Waals surface area contributed by atoms with Crippen LogP contribution in [-0.4, -0.2) is 30.8 Å². The molecule has 0 aliphatic heterocycles. The average Bonchev–Trinajstić information content (AvgIpc) is 2.34. The van der Waals surface area contributed by atoms with Crippen molar-refractivity contribution in [2.75, 3.05) is 19.8 Å². The Morgan fingerprint density at radius 1 is 1.56 bits per heavy atom. The number of rotatable bonds is 6. The molecule has 0 bridgehead atoms. The Kier molecular flexibility index (Phi) is 6.15. The molecule has 0 fully saturated rings. The maximum Gasteiger partial charge on any atom is 0.257 e. The van der Waals surface area contributed by atoms with Crippen LogP contribution in [0.1, 0.15) is 12.5 Å². The van der Waals surface area contributed by atoms with Crippen LogP contribution in [0.25, 0.3) is 0 Å². The summed E-state index contributed by atoms with van der Waals surface area (Å²) >= 11 is 3.38. The van der Waals surface area contributed by atoms with Gasteiger partial charge in [-0.2, -0.15) is 0 Å². The van der Waals surface area contributed by atoms with E-state index >= 15 is 0 Å². The maximum absolute atomic E-state index is 11.5. The van der Waals surface area contributed by atoms with Crippen molar-refractivity contribution in [2.45, 2.75) is 13.8 Å². The van der Waals surface area contributed by atoms with Crippen molar-refractivity contribution in [2.24, 2.45) is 5.92 Å². The highest BCUT2D eigenvalue weighted by atomic mass is 79.9. The van der Waals surface area contributed by atoms with Gasteiger partial charge in [0.2, 0.25) is 0 Å². The fourth-order valence-corrected chi connectivity index (χ4v) is 1.88. The lowest BCUT2D eigenvalue weighted by Crippen LogP contribution is -2.33. The predicted molar refractivity (Wildman–Crippen MR) is 73.6 cm³/mol. The Morgan fingerprint density at radius 2 is 2.28 bits per heavy atom. The van der Waals surface area contributed by atoms with Crippen LogP contribution in [0.15, 0.2) is 22.7 Å². The van der Waals surface area contributed by atoms with Gasteiger partial charge in [0.05, 0.1) is 4.47 Å². The molecule has 0 radical (unpaired) electrons. The molecule has 1 rings (SSSR count). The summed E-state index contributed by atoms with van der Waals surface area (Å²) in [4.78, 5) is 11.5. The Labute approximate surface area is 115 Å². The van der Waals surface area contributed by atoms with Crippen LogP contribution in [0.2, 0.25) is 0 Å². The van der Waals surface area contributed by atoms with E-state index in [-0.39, 0.29) is 25.0 Å². The lowest BCUT2D eigenvalue weighted by atomic mass is 10.2. The number of benzene rings is 1. The van der Waals surface area contributed by atoms with Crippen molar-refractivity contribution >= 4 is 21.8 Å². The fourth-order valence-electron chi connectivity index (χ4n) is 1.27. The highest BCUT2D eigenvalue weighted by Gasteiger charge is 2.07. The van der Waals surface area contributed by atoms with Crippen LogP contribution in [0, 0.1) is 12.8 Å². The number of carbonyl (C=O) groups is 1. The van der Waals surface area contributed by atoms with Crippen LogP contribution >= 0.6 is 15.9 Å². The van der Waals surface area contributed by atoms with Gasteiger partial charge in [-0.25, -0.2) is 0 Å². The molecule has 0 saturated heterocycles. The first-order chi connectivity index (χ1) is 8.52. The molecule has 0 aliphatic rings. The Bertz CT molecular complexity index is 409. The van der Waals surface area contributed by atoms with Gasteiger partial charge in [-0.1, -0.05) is 13.0 Å². The first-order valence-corrected chi connectivity index (χ1v) is 6.58. The molecule has 100 valence electrons. The molecule has 0 saturated carbocycles. The highest BCUT2D eigenvalue weighted by molar-refractivity contribution is 9.10. The number of aliphatic hydroxyl groups excluding tert-OH is 1. The van der Waals surface area contributed by atoms with E-state index in [0.29, 0.717) is 12.3 Å². The molecular formula is C13H18BrNO3. The quantitative estimate of drug-likeness (QED) is 0.842. The number of aryl methyl sites for hydroxylation is 1. The van der Waals surface area contributed by atoms with Gasteiger partial charge < -0.3 is 15.2 Å². The minimum absolute atomic E-state index is 0.0280. The lowest BCUT2D eigenvalue weighted by Gasteiger charge is -2.11. The lowest BCUT2D eigenvalue weighted by molar-refractivity contribution is -0.123. The van der Waals surface area contributed by atoms with E-state index in [0.717, 1.165) is 10.0 Å². The third kappa shape index (κ3) is 5.06. The molecule has 0 aromatic heterocycles. The van der Waals surface area contributed by atoms with Crippen LogP contribution < -0.4 is 10.1 Å². The van der Waals surface area contributed by atoms with E-state index in [1.54, 1.807) is 0 Å². The van der Waals surface area contributed by atoms with Gasteiger partial charge in [0, 0.05) is 13.2 Å². The Hall–Kier alpha value is -1.07. The van der Waals surface area contributed by atoms with E-state index < -0.39 is 0 Å². The SMILES string of the molecule is Cc1ccc(OCC(=O)NCC(C)CO)c(Br)c1. The summed E-state index contributed by atoms with van der Waals surface area (Å²) in [7, 11) is 0. The molecule has 0 heterocycles. The standard InChI is InChI=1S/C13H18BrNO3/c1-9-3-4-12(11(14)5-9)18-8-13(17)15-6-10(2)7-16/h3-5,10,16H,6-8H2,1-2H3,(H,15,17). The molecule has 0 spiro atoms. The number of amides is 1. The normalized spacial score (nSPS) is 12.0. The summed E-state index contributed by atoms with van der Waals surface area (Å²) in [6, 6.07) is 5.68. The van der Waals surface area contributed by atoms with Gasteiger partial charge in [0.1, 0.15) is 5.75 Å². The van der Waals surface area contributed by atoms with E-state index in [1.807, 2.05) is 32.0 Å². The second-order valence-corrected chi connectivity index (χ2v) is 5.17. The molecule has 2 N–H and O–H groups in total. The maximum atomic E-state index is 11.5. The monoisotopic (exact) mass is 315 g/mol. The van der Waals surface area contributed by atoms with Crippen LogP contribution in [0.4, 0.5) is 0 Å². The van der Waals surface area contributed by atoms with Gasteiger partial charge in [-0.3, -0.25) is 4.79 Å². The number of aliphatic hydroxyl groups is 1. The number of ether oxygens (including phenoxy) is 1. The summed E-state index contributed by atoms with van der Waals surface area (Å²) in [5, 5.41) is 11.5. The second kappa shape index (κ2) is 7.38.